The van der Waals surface area contributed by atoms with Gasteiger partial charge >= 0.3 is 6.18 Å². The van der Waals surface area contributed by atoms with Crippen LogP contribution in [-0.4, -0.2) is 13.1 Å². The minimum Gasteiger partial charge on any atom is -0.397 e. The Morgan fingerprint density at radius 3 is 2.11 bits per heavy atom. The zero-order valence-electron chi connectivity index (χ0n) is 9.20. The molecule has 0 aliphatic heterocycles. The number of hydrogen-bond donors (Lipinski definition) is 1. The highest BCUT2D eigenvalue weighted by molar-refractivity contribution is 5.69. The lowest BCUT2D eigenvalue weighted by atomic mass is 10.1. The first kappa shape index (κ1) is 13.7. The standard InChI is InChI=1S/C11H9F3N4/c12-11(13,14)8-1-2-10(9(17)7-8)18(5-3-15)6-4-16/h1-2,7H,5-6,17H2. The summed E-state index contributed by atoms with van der Waals surface area (Å²) in [6.07, 6.45) is -4.47. The minimum absolute atomic E-state index is 0.115. The van der Waals surface area contributed by atoms with Crippen LogP contribution in [0, 0.1) is 22.7 Å². The summed E-state index contributed by atoms with van der Waals surface area (Å²) in [4.78, 5) is 1.30. The van der Waals surface area contributed by atoms with Gasteiger partial charge in [-0.3, -0.25) is 0 Å². The molecule has 0 aliphatic carbocycles. The van der Waals surface area contributed by atoms with Gasteiger partial charge in [0.25, 0.3) is 0 Å². The molecule has 94 valence electrons. The van der Waals surface area contributed by atoms with E-state index in [0.29, 0.717) is 0 Å². The number of nitrogens with two attached hydrogens (primary N) is 1. The second kappa shape index (κ2) is 5.28. The molecule has 0 aromatic heterocycles. The molecule has 0 aliphatic rings. The van der Waals surface area contributed by atoms with E-state index < -0.39 is 11.7 Å². The molecule has 0 spiro atoms. The van der Waals surface area contributed by atoms with Gasteiger partial charge in [0.2, 0.25) is 0 Å². The fourth-order valence-electron chi connectivity index (χ4n) is 1.42. The monoisotopic (exact) mass is 254 g/mol. The Labute approximate surface area is 102 Å². The lowest BCUT2D eigenvalue weighted by Gasteiger charge is -2.20. The molecule has 0 amide bonds. The van der Waals surface area contributed by atoms with Crippen LogP contribution in [0.4, 0.5) is 24.5 Å². The van der Waals surface area contributed by atoms with Crippen molar-refractivity contribution in [1.82, 2.24) is 0 Å². The Morgan fingerprint density at radius 2 is 1.72 bits per heavy atom. The van der Waals surface area contributed by atoms with Crippen molar-refractivity contribution in [3.63, 3.8) is 0 Å². The maximum atomic E-state index is 12.4. The van der Waals surface area contributed by atoms with Crippen molar-refractivity contribution in [3.05, 3.63) is 23.8 Å². The largest absolute Gasteiger partial charge is 0.416 e. The van der Waals surface area contributed by atoms with Crippen molar-refractivity contribution < 1.29 is 13.2 Å². The van der Waals surface area contributed by atoms with Crippen molar-refractivity contribution in [2.45, 2.75) is 6.18 Å². The van der Waals surface area contributed by atoms with Crippen LogP contribution in [0.2, 0.25) is 0 Å². The molecule has 2 N–H and O–H groups in total. The number of alkyl halides is 3. The number of hydrogen-bond acceptors (Lipinski definition) is 4. The van der Waals surface area contributed by atoms with Gasteiger partial charge in [0, 0.05) is 0 Å². The van der Waals surface area contributed by atoms with Crippen LogP contribution in [-0.2, 0) is 6.18 Å². The van der Waals surface area contributed by atoms with Crippen molar-refractivity contribution in [3.8, 4) is 12.1 Å². The molecule has 0 fully saturated rings. The Morgan fingerprint density at radius 1 is 1.17 bits per heavy atom. The number of nitrogens with zero attached hydrogens (tertiary/aromatic N) is 3. The summed E-state index contributed by atoms with van der Waals surface area (Å²) in [5.74, 6) is 0. The third-order valence-electron chi connectivity index (χ3n) is 2.22. The SMILES string of the molecule is N#CCN(CC#N)c1ccc(C(F)(F)F)cc1N. The first-order chi connectivity index (χ1) is 8.40. The van der Waals surface area contributed by atoms with E-state index in [1.807, 2.05) is 12.1 Å². The lowest BCUT2D eigenvalue weighted by molar-refractivity contribution is -0.137. The van der Waals surface area contributed by atoms with E-state index in [9.17, 15) is 13.2 Å². The van der Waals surface area contributed by atoms with Crippen LogP contribution in [0.25, 0.3) is 0 Å². The lowest BCUT2D eigenvalue weighted by Crippen LogP contribution is -2.25. The third-order valence-corrected chi connectivity index (χ3v) is 2.22. The zero-order chi connectivity index (χ0) is 13.8. The first-order valence-electron chi connectivity index (χ1n) is 4.85. The van der Waals surface area contributed by atoms with Crippen LogP contribution >= 0.6 is 0 Å². The number of halogens is 3. The van der Waals surface area contributed by atoms with Gasteiger partial charge in [-0.1, -0.05) is 0 Å². The van der Waals surface area contributed by atoms with Crippen molar-refractivity contribution in [2.75, 3.05) is 23.7 Å². The van der Waals surface area contributed by atoms with E-state index in [1.54, 1.807) is 0 Å². The van der Waals surface area contributed by atoms with Gasteiger partial charge < -0.3 is 10.6 Å². The fourth-order valence-corrected chi connectivity index (χ4v) is 1.42. The van der Waals surface area contributed by atoms with Gasteiger partial charge in [-0.15, -0.1) is 0 Å². The summed E-state index contributed by atoms with van der Waals surface area (Å²) in [5.41, 5.74) is 4.78. The summed E-state index contributed by atoms with van der Waals surface area (Å²) < 4.78 is 37.3. The van der Waals surface area contributed by atoms with E-state index in [0.717, 1.165) is 18.2 Å². The van der Waals surface area contributed by atoms with Crippen molar-refractivity contribution in [2.24, 2.45) is 0 Å². The smallest absolute Gasteiger partial charge is 0.397 e. The zero-order valence-corrected chi connectivity index (χ0v) is 9.20. The molecule has 0 saturated carbocycles. The molecular formula is C11H9F3N4. The van der Waals surface area contributed by atoms with Gasteiger partial charge in [-0.25, -0.2) is 0 Å². The Balaban J connectivity index is 3.12. The average Bonchev–Trinajstić information content (AvgIpc) is 2.27. The van der Waals surface area contributed by atoms with E-state index in [2.05, 4.69) is 0 Å². The van der Waals surface area contributed by atoms with Gasteiger partial charge in [-0.2, -0.15) is 23.7 Å². The maximum absolute atomic E-state index is 12.4. The van der Waals surface area contributed by atoms with Crippen LogP contribution in [0.5, 0.6) is 0 Å². The number of anilines is 2. The molecule has 0 unspecified atom stereocenters. The molecule has 1 rings (SSSR count). The summed E-state index contributed by atoms with van der Waals surface area (Å²) in [5, 5.41) is 17.2. The summed E-state index contributed by atoms with van der Waals surface area (Å²) in [6, 6.07) is 6.46. The number of nitriles is 2. The summed E-state index contributed by atoms with van der Waals surface area (Å²) in [7, 11) is 0. The second-order valence-electron chi connectivity index (χ2n) is 3.44. The van der Waals surface area contributed by atoms with E-state index in [4.69, 9.17) is 16.3 Å². The minimum atomic E-state index is -4.47. The molecule has 4 nitrogen and oxygen atoms in total. The van der Waals surface area contributed by atoms with Gasteiger partial charge in [0.15, 0.2) is 0 Å². The normalized spacial score (nSPS) is 10.5. The third kappa shape index (κ3) is 3.05. The van der Waals surface area contributed by atoms with Gasteiger partial charge in [0.05, 0.1) is 29.1 Å². The van der Waals surface area contributed by atoms with Gasteiger partial charge in [-0.05, 0) is 18.2 Å². The molecule has 0 atom stereocenters. The molecule has 0 heterocycles. The van der Waals surface area contributed by atoms with E-state index in [1.165, 1.54) is 4.90 Å². The average molecular weight is 254 g/mol. The predicted octanol–water partition coefficient (Wildman–Crippen LogP) is 2.14. The van der Waals surface area contributed by atoms with Crippen molar-refractivity contribution >= 4 is 11.4 Å². The maximum Gasteiger partial charge on any atom is 0.416 e. The molecule has 0 bridgehead atoms. The van der Waals surface area contributed by atoms with Crippen LogP contribution in [0.1, 0.15) is 5.56 Å². The Bertz CT molecular complexity index is 494. The summed E-state index contributed by atoms with van der Waals surface area (Å²) >= 11 is 0. The number of rotatable bonds is 3. The first-order valence-corrected chi connectivity index (χ1v) is 4.85. The van der Waals surface area contributed by atoms with E-state index in [-0.39, 0.29) is 24.5 Å². The highest BCUT2D eigenvalue weighted by Gasteiger charge is 2.31. The van der Waals surface area contributed by atoms with Crippen LogP contribution in [0.3, 0.4) is 0 Å². The summed E-state index contributed by atoms with van der Waals surface area (Å²) in [6.45, 7) is -0.244. The van der Waals surface area contributed by atoms with Gasteiger partial charge in [0.1, 0.15) is 13.1 Å². The molecular weight excluding hydrogens is 245 g/mol. The number of nitrogen functional groups attached to an aromatic ring is 1. The predicted molar refractivity (Wildman–Crippen MR) is 59.3 cm³/mol. The van der Waals surface area contributed by atoms with E-state index >= 15 is 0 Å². The Hall–Kier alpha value is -2.41. The molecule has 1 aromatic carbocycles. The molecule has 18 heavy (non-hydrogen) atoms. The Kier molecular flexibility index (Phi) is 4.01. The topological polar surface area (TPSA) is 76.8 Å². The molecule has 1 aromatic rings. The van der Waals surface area contributed by atoms with Crippen molar-refractivity contribution in [1.29, 1.82) is 10.5 Å². The molecule has 0 saturated heterocycles. The van der Waals surface area contributed by atoms with Crippen LogP contribution in [0.15, 0.2) is 18.2 Å². The van der Waals surface area contributed by atoms with Crippen LogP contribution < -0.4 is 10.6 Å². The fraction of sp³-hybridized carbons (Fsp3) is 0.273. The molecule has 7 heteroatoms. The second-order valence-corrected chi connectivity index (χ2v) is 3.44. The highest BCUT2D eigenvalue weighted by Crippen LogP contribution is 2.33. The highest BCUT2D eigenvalue weighted by atomic mass is 19.4. The quantitative estimate of drug-likeness (QED) is 0.662. The molecule has 0 radical (unpaired) electrons. The number of benzene rings is 1.